The van der Waals surface area contributed by atoms with Crippen LogP contribution in [-0.4, -0.2) is 67.0 Å². The van der Waals surface area contributed by atoms with E-state index in [-0.39, 0.29) is 19.0 Å². The van der Waals surface area contributed by atoms with Gasteiger partial charge in [-0.25, -0.2) is 4.79 Å². The van der Waals surface area contributed by atoms with Crippen LogP contribution in [-0.2, 0) is 9.59 Å². The first-order valence-corrected chi connectivity index (χ1v) is 5.17. The van der Waals surface area contributed by atoms with Gasteiger partial charge in [0.05, 0.1) is 5.92 Å². The number of nitrogens with zero attached hydrogens (tertiary/aromatic N) is 2. The third-order valence-corrected chi connectivity index (χ3v) is 2.20. The Bertz CT molecular complexity index is 304. The van der Waals surface area contributed by atoms with Gasteiger partial charge in [-0.2, -0.15) is 0 Å². The number of carboxylic acid groups (broad SMARTS) is 1. The lowest BCUT2D eigenvalue weighted by molar-refractivity contribution is -0.140. The van der Waals surface area contributed by atoms with Crippen molar-refractivity contribution in [1.29, 1.82) is 0 Å². The molecule has 0 aromatic rings. The molecule has 0 bridgehead atoms. The normalized spacial score (nSPS) is 11.5. The van der Waals surface area contributed by atoms with Crippen molar-refractivity contribution in [2.75, 3.05) is 34.2 Å². The Morgan fingerprint density at radius 2 is 1.76 bits per heavy atom. The van der Waals surface area contributed by atoms with Gasteiger partial charge in [-0.15, -0.1) is 0 Å². The molecule has 98 valence electrons. The second-order valence-electron chi connectivity index (χ2n) is 4.07. The molecule has 0 rings (SSSR count). The summed E-state index contributed by atoms with van der Waals surface area (Å²) in [7, 11) is 4.67. The number of amides is 3. The lowest BCUT2D eigenvalue weighted by atomic mass is 10.2. The van der Waals surface area contributed by atoms with Gasteiger partial charge in [0.2, 0.25) is 5.91 Å². The SMILES string of the molecule is CC(CNC(=O)N(C)CC(=O)N(C)C)C(=O)O. The number of urea groups is 1. The average Bonchev–Trinajstić information content (AvgIpc) is 2.24. The van der Waals surface area contributed by atoms with Crippen molar-refractivity contribution in [2.45, 2.75) is 6.92 Å². The molecule has 0 saturated heterocycles. The average molecular weight is 245 g/mol. The first-order valence-electron chi connectivity index (χ1n) is 5.17. The summed E-state index contributed by atoms with van der Waals surface area (Å²) in [5.41, 5.74) is 0. The molecule has 17 heavy (non-hydrogen) atoms. The first kappa shape index (κ1) is 15.2. The number of likely N-dealkylation sites (N-methyl/N-ethyl adjacent to an activating group) is 2. The largest absolute Gasteiger partial charge is 0.481 e. The number of carbonyl (C=O) groups is 3. The van der Waals surface area contributed by atoms with E-state index < -0.39 is 17.9 Å². The summed E-state index contributed by atoms with van der Waals surface area (Å²) in [5.74, 6) is -1.83. The highest BCUT2D eigenvalue weighted by atomic mass is 16.4. The van der Waals surface area contributed by atoms with Crippen molar-refractivity contribution in [3.8, 4) is 0 Å². The Hall–Kier alpha value is -1.79. The van der Waals surface area contributed by atoms with E-state index in [1.165, 1.54) is 23.8 Å². The predicted molar refractivity (Wildman–Crippen MR) is 61.5 cm³/mol. The van der Waals surface area contributed by atoms with Gasteiger partial charge in [-0.3, -0.25) is 9.59 Å². The Morgan fingerprint density at radius 3 is 2.18 bits per heavy atom. The van der Waals surface area contributed by atoms with Crippen molar-refractivity contribution in [1.82, 2.24) is 15.1 Å². The number of carboxylic acids is 1. The van der Waals surface area contributed by atoms with E-state index in [2.05, 4.69) is 5.32 Å². The molecule has 3 amide bonds. The minimum Gasteiger partial charge on any atom is -0.481 e. The smallest absolute Gasteiger partial charge is 0.317 e. The first-order chi connectivity index (χ1) is 7.75. The van der Waals surface area contributed by atoms with Gasteiger partial charge in [0.15, 0.2) is 0 Å². The lowest BCUT2D eigenvalue weighted by Crippen LogP contribution is -2.44. The summed E-state index contributed by atoms with van der Waals surface area (Å²) in [4.78, 5) is 35.9. The van der Waals surface area contributed by atoms with Crippen molar-refractivity contribution in [3.05, 3.63) is 0 Å². The maximum Gasteiger partial charge on any atom is 0.317 e. The molecule has 1 unspecified atom stereocenters. The molecule has 0 aliphatic heterocycles. The third-order valence-electron chi connectivity index (χ3n) is 2.20. The Labute approximate surface area is 100 Å². The fraction of sp³-hybridized carbons (Fsp3) is 0.700. The number of hydrogen-bond acceptors (Lipinski definition) is 3. The zero-order valence-electron chi connectivity index (χ0n) is 10.6. The number of nitrogens with one attached hydrogen (secondary N) is 1. The highest BCUT2D eigenvalue weighted by molar-refractivity contribution is 5.83. The molecule has 1 atom stereocenters. The van der Waals surface area contributed by atoms with Crippen LogP contribution in [0.4, 0.5) is 4.79 Å². The molecule has 0 radical (unpaired) electrons. The molecule has 0 aliphatic rings. The summed E-state index contributed by atoms with van der Waals surface area (Å²) in [6.07, 6.45) is 0. The van der Waals surface area contributed by atoms with Gasteiger partial charge < -0.3 is 20.2 Å². The minimum atomic E-state index is -0.975. The maximum absolute atomic E-state index is 11.5. The van der Waals surface area contributed by atoms with Crippen LogP contribution in [0.15, 0.2) is 0 Å². The van der Waals surface area contributed by atoms with Gasteiger partial charge in [-0.1, -0.05) is 6.92 Å². The van der Waals surface area contributed by atoms with Crippen molar-refractivity contribution >= 4 is 17.9 Å². The number of carbonyl (C=O) groups excluding carboxylic acids is 2. The highest BCUT2D eigenvalue weighted by Gasteiger charge is 2.16. The van der Waals surface area contributed by atoms with Gasteiger partial charge in [-0.05, 0) is 0 Å². The van der Waals surface area contributed by atoms with Crippen molar-refractivity contribution < 1.29 is 19.5 Å². The molecular weight excluding hydrogens is 226 g/mol. The van der Waals surface area contributed by atoms with Crippen LogP contribution in [0.25, 0.3) is 0 Å². The van der Waals surface area contributed by atoms with Crippen LogP contribution >= 0.6 is 0 Å². The molecule has 7 nitrogen and oxygen atoms in total. The summed E-state index contributed by atoms with van der Waals surface area (Å²) in [6.45, 7) is 1.49. The second kappa shape index (κ2) is 6.72. The Kier molecular flexibility index (Phi) is 6.01. The van der Waals surface area contributed by atoms with Crippen LogP contribution in [0.2, 0.25) is 0 Å². The van der Waals surface area contributed by atoms with E-state index >= 15 is 0 Å². The topological polar surface area (TPSA) is 90.0 Å². The number of rotatable bonds is 5. The quantitative estimate of drug-likeness (QED) is 0.679. The fourth-order valence-electron chi connectivity index (χ4n) is 0.879. The molecular formula is C10H19N3O4. The fourth-order valence-corrected chi connectivity index (χ4v) is 0.879. The summed E-state index contributed by atoms with van der Waals surface area (Å²) < 4.78 is 0. The van der Waals surface area contributed by atoms with Crippen LogP contribution in [0.1, 0.15) is 6.92 Å². The van der Waals surface area contributed by atoms with Gasteiger partial charge >= 0.3 is 12.0 Å². The molecule has 0 heterocycles. The third kappa shape index (κ3) is 5.74. The standard InChI is InChI=1S/C10H19N3O4/c1-7(9(15)16)5-11-10(17)13(4)6-8(14)12(2)3/h7H,5-6H2,1-4H3,(H,11,17)(H,15,16). The van der Waals surface area contributed by atoms with E-state index in [1.807, 2.05) is 0 Å². The van der Waals surface area contributed by atoms with Gasteiger partial charge in [0.1, 0.15) is 6.54 Å². The summed E-state index contributed by atoms with van der Waals surface area (Å²) in [6, 6.07) is -0.465. The lowest BCUT2D eigenvalue weighted by Gasteiger charge is -2.20. The van der Waals surface area contributed by atoms with E-state index in [9.17, 15) is 14.4 Å². The van der Waals surface area contributed by atoms with Crippen LogP contribution in [0, 0.1) is 5.92 Å². The van der Waals surface area contributed by atoms with Crippen LogP contribution in [0.3, 0.4) is 0 Å². The summed E-state index contributed by atoms with van der Waals surface area (Å²) >= 11 is 0. The van der Waals surface area contributed by atoms with Gasteiger partial charge in [0.25, 0.3) is 0 Å². The van der Waals surface area contributed by atoms with E-state index in [0.717, 1.165) is 0 Å². The van der Waals surface area contributed by atoms with Gasteiger partial charge in [0, 0.05) is 27.7 Å². The molecule has 0 fully saturated rings. The van der Waals surface area contributed by atoms with Crippen molar-refractivity contribution in [2.24, 2.45) is 5.92 Å². The van der Waals surface area contributed by atoms with Crippen LogP contribution < -0.4 is 5.32 Å². The molecule has 0 saturated carbocycles. The monoisotopic (exact) mass is 245 g/mol. The minimum absolute atomic E-state index is 0.0364. The van der Waals surface area contributed by atoms with E-state index in [0.29, 0.717) is 0 Å². The van der Waals surface area contributed by atoms with Crippen LogP contribution in [0.5, 0.6) is 0 Å². The zero-order valence-corrected chi connectivity index (χ0v) is 10.6. The second-order valence-corrected chi connectivity index (χ2v) is 4.07. The molecule has 0 aromatic heterocycles. The number of hydrogen-bond donors (Lipinski definition) is 2. The zero-order chi connectivity index (χ0) is 13.6. The molecule has 0 aromatic carbocycles. The molecule has 7 heteroatoms. The van der Waals surface area contributed by atoms with E-state index in [1.54, 1.807) is 14.1 Å². The van der Waals surface area contributed by atoms with Crippen molar-refractivity contribution in [3.63, 3.8) is 0 Å². The highest BCUT2D eigenvalue weighted by Crippen LogP contribution is 1.93. The molecule has 2 N–H and O–H groups in total. The summed E-state index contributed by atoms with van der Waals surface area (Å²) in [5, 5.41) is 11.1. The molecule has 0 aliphatic carbocycles. The number of aliphatic carboxylic acids is 1. The Morgan fingerprint density at radius 1 is 1.24 bits per heavy atom. The Balaban J connectivity index is 4.06. The maximum atomic E-state index is 11.5. The van der Waals surface area contributed by atoms with E-state index in [4.69, 9.17) is 5.11 Å². The molecule has 0 spiro atoms. The predicted octanol–water partition coefficient (Wildman–Crippen LogP) is -0.563.